The number of pyridine rings is 1. The van der Waals surface area contributed by atoms with Crippen LogP contribution in [0.3, 0.4) is 0 Å². The molecule has 0 aromatic carbocycles. The van der Waals surface area contributed by atoms with Gasteiger partial charge in [0.15, 0.2) is 0 Å². The number of hydrogen-bond acceptors (Lipinski definition) is 6. The number of esters is 1. The number of carbonyl (C=O) groups is 1. The molecule has 2 rings (SSSR count). The Balaban J connectivity index is 2.27. The lowest BCUT2D eigenvalue weighted by molar-refractivity contribution is -0.389. The lowest BCUT2D eigenvalue weighted by atomic mass is 10.2. The first-order valence-electron chi connectivity index (χ1n) is 5.30. The smallest absolute Gasteiger partial charge is 0.381 e. The van der Waals surface area contributed by atoms with Crippen molar-refractivity contribution in [1.29, 1.82) is 0 Å². The summed E-state index contributed by atoms with van der Waals surface area (Å²) in [5, 5.41) is 10.5. The van der Waals surface area contributed by atoms with Crippen LogP contribution < -0.4 is 0 Å². The molecule has 2 aromatic heterocycles. The highest BCUT2D eigenvalue weighted by Crippen LogP contribution is 2.11. The normalized spacial score (nSPS) is 10.2. The van der Waals surface area contributed by atoms with Gasteiger partial charge < -0.3 is 19.4 Å². The standard InChI is InChI=1S/C11H10N4O4/c1-19-11(16)8-3-2-4-12-9(8)5-14-6-10(13-7-14)15(17)18/h2-4,6-7H,5H2,1H3. The van der Waals surface area contributed by atoms with Crippen molar-refractivity contribution in [1.82, 2.24) is 14.5 Å². The van der Waals surface area contributed by atoms with Gasteiger partial charge in [0.1, 0.15) is 6.20 Å². The van der Waals surface area contributed by atoms with Gasteiger partial charge in [0.05, 0.1) is 24.9 Å². The van der Waals surface area contributed by atoms with Crippen LogP contribution in [0.15, 0.2) is 30.9 Å². The molecule has 0 saturated heterocycles. The summed E-state index contributed by atoms with van der Waals surface area (Å²) >= 11 is 0. The molecule has 8 heteroatoms. The van der Waals surface area contributed by atoms with E-state index >= 15 is 0 Å². The van der Waals surface area contributed by atoms with E-state index in [4.69, 9.17) is 0 Å². The van der Waals surface area contributed by atoms with E-state index < -0.39 is 10.9 Å². The lowest BCUT2D eigenvalue weighted by Gasteiger charge is -2.06. The van der Waals surface area contributed by atoms with E-state index in [1.54, 1.807) is 12.1 Å². The molecule has 0 fully saturated rings. The summed E-state index contributed by atoms with van der Waals surface area (Å²) in [5.74, 6) is -0.756. The van der Waals surface area contributed by atoms with Crippen LogP contribution in [0.1, 0.15) is 16.1 Å². The van der Waals surface area contributed by atoms with E-state index in [1.165, 1.54) is 30.4 Å². The molecule has 8 nitrogen and oxygen atoms in total. The second-order valence-corrected chi connectivity index (χ2v) is 3.65. The molecule has 0 N–H and O–H groups in total. The van der Waals surface area contributed by atoms with Crippen LogP contribution in [-0.4, -0.2) is 32.5 Å². The molecule has 0 saturated carbocycles. The fraction of sp³-hybridized carbons (Fsp3) is 0.182. The van der Waals surface area contributed by atoms with Gasteiger partial charge in [-0.25, -0.2) is 4.79 Å². The first-order chi connectivity index (χ1) is 9.11. The van der Waals surface area contributed by atoms with Crippen molar-refractivity contribution in [2.75, 3.05) is 7.11 Å². The third-order valence-corrected chi connectivity index (χ3v) is 2.43. The molecule has 0 unspecified atom stereocenters. The Hall–Kier alpha value is -2.77. The Kier molecular flexibility index (Phi) is 3.51. The largest absolute Gasteiger partial charge is 0.465 e. The van der Waals surface area contributed by atoms with Gasteiger partial charge in [-0.3, -0.25) is 4.98 Å². The quantitative estimate of drug-likeness (QED) is 0.463. The Bertz CT molecular complexity index is 623. The van der Waals surface area contributed by atoms with Crippen molar-refractivity contribution in [3.63, 3.8) is 0 Å². The minimum atomic E-state index is -0.587. The van der Waals surface area contributed by atoms with Crippen molar-refractivity contribution in [3.05, 3.63) is 52.2 Å². The third kappa shape index (κ3) is 2.73. The number of nitro groups is 1. The zero-order chi connectivity index (χ0) is 13.8. The maximum Gasteiger partial charge on any atom is 0.381 e. The zero-order valence-electron chi connectivity index (χ0n) is 10.0. The molecule has 0 aliphatic carbocycles. The Morgan fingerprint density at radius 2 is 2.32 bits per heavy atom. The first kappa shape index (κ1) is 12.7. The summed E-state index contributed by atoms with van der Waals surface area (Å²) < 4.78 is 6.13. The Labute approximate surface area is 107 Å². The maximum absolute atomic E-state index is 11.5. The van der Waals surface area contributed by atoms with Gasteiger partial charge in [-0.1, -0.05) is 0 Å². The third-order valence-electron chi connectivity index (χ3n) is 2.43. The summed E-state index contributed by atoms with van der Waals surface area (Å²) in [4.78, 5) is 29.2. The highest BCUT2D eigenvalue weighted by atomic mass is 16.6. The van der Waals surface area contributed by atoms with Crippen molar-refractivity contribution in [3.8, 4) is 0 Å². The zero-order valence-corrected chi connectivity index (χ0v) is 10.0. The van der Waals surface area contributed by atoms with Gasteiger partial charge in [-0.15, -0.1) is 0 Å². The molecule has 0 aliphatic rings. The summed E-state index contributed by atoms with van der Waals surface area (Å²) in [6.45, 7) is 0.201. The highest BCUT2D eigenvalue weighted by molar-refractivity contribution is 5.90. The summed E-state index contributed by atoms with van der Waals surface area (Å²) in [5.41, 5.74) is 0.781. The van der Waals surface area contributed by atoms with Crippen LogP contribution in [0.25, 0.3) is 0 Å². The number of rotatable bonds is 4. The highest BCUT2D eigenvalue weighted by Gasteiger charge is 2.15. The average Bonchev–Trinajstić information content (AvgIpc) is 2.87. The van der Waals surface area contributed by atoms with E-state index in [-0.39, 0.29) is 12.4 Å². The molecule has 0 spiro atoms. The van der Waals surface area contributed by atoms with E-state index in [2.05, 4.69) is 14.7 Å². The fourth-order valence-corrected chi connectivity index (χ4v) is 1.56. The van der Waals surface area contributed by atoms with Crippen LogP contribution in [0.2, 0.25) is 0 Å². The van der Waals surface area contributed by atoms with Gasteiger partial charge in [-0.05, 0) is 22.0 Å². The molecule has 0 aliphatic heterocycles. The SMILES string of the molecule is COC(=O)c1cccnc1Cn1cnc([N+](=O)[O-])c1. The van der Waals surface area contributed by atoms with Gasteiger partial charge in [0.2, 0.25) is 6.33 Å². The van der Waals surface area contributed by atoms with Crippen LogP contribution in [0.4, 0.5) is 5.82 Å². The van der Waals surface area contributed by atoms with Crippen LogP contribution in [0.5, 0.6) is 0 Å². The van der Waals surface area contributed by atoms with Crippen LogP contribution in [0, 0.1) is 10.1 Å². The van der Waals surface area contributed by atoms with Crippen LogP contribution >= 0.6 is 0 Å². The molecule has 2 aromatic rings. The molecule has 98 valence electrons. The minimum absolute atomic E-state index is 0.201. The molecule has 0 bridgehead atoms. The second-order valence-electron chi connectivity index (χ2n) is 3.65. The van der Waals surface area contributed by atoms with E-state index in [0.717, 1.165) is 0 Å². The Morgan fingerprint density at radius 3 is 2.95 bits per heavy atom. The van der Waals surface area contributed by atoms with E-state index in [0.29, 0.717) is 11.3 Å². The second kappa shape index (κ2) is 5.25. The number of nitrogens with zero attached hydrogens (tertiary/aromatic N) is 4. The molecule has 2 heterocycles. The van der Waals surface area contributed by atoms with Crippen molar-refractivity contribution >= 4 is 11.8 Å². The fourth-order valence-electron chi connectivity index (χ4n) is 1.56. The summed E-state index contributed by atoms with van der Waals surface area (Å²) in [7, 11) is 1.28. The number of methoxy groups -OCH3 is 1. The van der Waals surface area contributed by atoms with Gasteiger partial charge >= 0.3 is 11.8 Å². The number of ether oxygens (including phenoxy) is 1. The predicted octanol–water partition coefficient (Wildman–Crippen LogP) is 1.02. The van der Waals surface area contributed by atoms with E-state index in [1.807, 2.05) is 0 Å². The number of aromatic nitrogens is 3. The molecular weight excluding hydrogens is 252 g/mol. The number of carbonyl (C=O) groups excluding carboxylic acids is 1. The monoisotopic (exact) mass is 262 g/mol. The predicted molar refractivity (Wildman–Crippen MR) is 63.6 cm³/mol. The lowest BCUT2D eigenvalue weighted by Crippen LogP contribution is -2.10. The molecule has 19 heavy (non-hydrogen) atoms. The van der Waals surface area contributed by atoms with Gasteiger partial charge in [0, 0.05) is 6.20 Å². The Morgan fingerprint density at radius 1 is 1.53 bits per heavy atom. The summed E-state index contributed by atoms with van der Waals surface area (Å²) in [6.07, 6.45) is 4.12. The van der Waals surface area contributed by atoms with Crippen molar-refractivity contribution in [2.45, 2.75) is 6.54 Å². The van der Waals surface area contributed by atoms with E-state index in [9.17, 15) is 14.9 Å². The molecule has 0 amide bonds. The topological polar surface area (TPSA) is 100 Å². The van der Waals surface area contributed by atoms with Crippen molar-refractivity contribution in [2.24, 2.45) is 0 Å². The van der Waals surface area contributed by atoms with Crippen LogP contribution in [-0.2, 0) is 11.3 Å². The summed E-state index contributed by atoms with van der Waals surface area (Å²) in [6, 6.07) is 3.20. The maximum atomic E-state index is 11.5. The first-order valence-corrected chi connectivity index (χ1v) is 5.30. The average molecular weight is 262 g/mol. The van der Waals surface area contributed by atoms with Gasteiger partial charge in [0.25, 0.3) is 0 Å². The van der Waals surface area contributed by atoms with Gasteiger partial charge in [-0.2, -0.15) is 0 Å². The minimum Gasteiger partial charge on any atom is -0.465 e. The van der Waals surface area contributed by atoms with Crippen molar-refractivity contribution < 1.29 is 14.5 Å². The molecular formula is C11H10N4O4. The number of imidazole rings is 1. The molecule has 0 radical (unpaired) electrons. The number of hydrogen-bond donors (Lipinski definition) is 0. The molecule has 0 atom stereocenters.